The van der Waals surface area contributed by atoms with Gasteiger partial charge < -0.3 is 19.7 Å². The van der Waals surface area contributed by atoms with Crippen molar-refractivity contribution in [3.05, 3.63) is 90.0 Å². The van der Waals surface area contributed by atoms with Crippen LogP contribution in [0.4, 0.5) is 5.69 Å². The fourth-order valence-electron chi connectivity index (χ4n) is 5.49. The van der Waals surface area contributed by atoms with Crippen LogP contribution in [0.5, 0.6) is 11.5 Å². The van der Waals surface area contributed by atoms with Crippen molar-refractivity contribution in [2.45, 2.75) is 70.7 Å². The van der Waals surface area contributed by atoms with E-state index in [1.807, 2.05) is 55.5 Å². The molecule has 0 spiro atoms. The van der Waals surface area contributed by atoms with E-state index < -0.39 is 28.5 Å². The quantitative estimate of drug-likeness (QED) is 0.262. The number of carbonyl (C=O) groups excluding carboxylic acids is 2. The molecule has 2 amide bonds. The zero-order chi connectivity index (χ0) is 31.5. The first-order valence-corrected chi connectivity index (χ1v) is 17.0. The van der Waals surface area contributed by atoms with Crippen molar-refractivity contribution in [1.29, 1.82) is 0 Å². The van der Waals surface area contributed by atoms with Gasteiger partial charge in [0.1, 0.15) is 30.7 Å². The second-order valence-corrected chi connectivity index (χ2v) is 13.1. The summed E-state index contributed by atoms with van der Waals surface area (Å²) in [6, 6.07) is 22.9. The minimum Gasteiger partial charge on any atom is -0.497 e. The number of ether oxygens (including phenoxy) is 2. The summed E-state index contributed by atoms with van der Waals surface area (Å²) in [5.41, 5.74) is 2.11. The van der Waals surface area contributed by atoms with Crippen LogP contribution in [-0.4, -0.2) is 57.1 Å². The van der Waals surface area contributed by atoms with Crippen molar-refractivity contribution in [3.8, 4) is 11.5 Å². The van der Waals surface area contributed by atoms with E-state index in [9.17, 15) is 18.0 Å². The number of sulfonamides is 1. The Morgan fingerprint density at radius 2 is 1.59 bits per heavy atom. The number of nitrogens with zero attached hydrogens (tertiary/aromatic N) is 2. The number of hydrogen-bond acceptors (Lipinski definition) is 6. The van der Waals surface area contributed by atoms with Crippen molar-refractivity contribution >= 4 is 27.5 Å². The first kappa shape index (κ1) is 32.9. The standard InChI is InChI=1S/C34H43N3O6S/c1-4-32(34(39)35-28-15-9-6-10-16-28)36(23-27-14-11-17-31(22-27)42-2)33(38)24-37(44(3,40)41)29-18-20-30(21-19-29)43-25-26-12-7-5-8-13-26/h5,7-8,11-14,17-22,28,32H,4,6,9-10,15-16,23-25H2,1-3H3,(H,35,39)/t32-/m1/s1. The Kier molecular flexibility index (Phi) is 11.7. The highest BCUT2D eigenvalue weighted by Crippen LogP contribution is 2.24. The molecule has 0 bridgehead atoms. The number of carbonyl (C=O) groups is 2. The fraction of sp³-hybridized carbons (Fsp3) is 0.412. The van der Waals surface area contributed by atoms with Crippen LogP contribution in [0.25, 0.3) is 0 Å². The Balaban J connectivity index is 1.56. The van der Waals surface area contributed by atoms with Crippen LogP contribution in [0.2, 0.25) is 0 Å². The molecule has 3 aromatic carbocycles. The van der Waals surface area contributed by atoms with Gasteiger partial charge in [0.05, 0.1) is 19.1 Å². The van der Waals surface area contributed by atoms with Gasteiger partial charge in [-0.15, -0.1) is 0 Å². The van der Waals surface area contributed by atoms with Crippen molar-refractivity contribution in [1.82, 2.24) is 10.2 Å². The molecule has 1 atom stereocenters. The molecule has 10 heteroatoms. The van der Waals surface area contributed by atoms with Crippen LogP contribution in [0, 0.1) is 0 Å². The molecule has 4 rings (SSSR count). The van der Waals surface area contributed by atoms with E-state index in [1.165, 1.54) is 4.90 Å². The second-order valence-electron chi connectivity index (χ2n) is 11.2. The Morgan fingerprint density at radius 3 is 2.23 bits per heavy atom. The van der Waals surface area contributed by atoms with Crippen LogP contribution in [-0.2, 0) is 32.8 Å². The van der Waals surface area contributed by atoms with E-state index in [0.717, 1.165) is 53.8 Å². The molecule has 236 valence electrons. The monoisotopic (exact) mass is 621 g/mol. The zero-order valence-electron chi connectivity index (χ0n) is 25.8. The summed E-state index contributed by atoms with van der Waals surface area (Å²) in [4.78, 5) is 29.1. The van der Waals surface area contributed by atoms with Crippen molar-refractivity contribution < 1.29 is 27.5 Å². The average molecular weight is 622 g/mol. The molecule has 1 saturated carbocycles. The van der Waals surface area contributed by atoms with Gasteiger partial charge in [0, 0.05) is 12.6 Å². The van der Waals surface area contributed by atoms with Crippen molar-refractivity contribution in [3.63, 3.8) is 0 Å². The van der Waals surface area contributed by atoms with Crippen molar-refractivity contribution in [2.75, 3.05) is 24.2 Å². The molecule has 0 aliphatic heterocycles. The molecule has 0 unspecified atom stereocenters. The summed E-state index contributed by atoms with van der Waals surface area (Å²) in [5, 5.41) is 3.16. The lowest BCUT2D eigenvalue weighted by Crippen LogP contribution is -2.53. The van der Waals surface area contributed by atoms with Crippen LogP contribution < -0.4 is 19.1 Å². The van der Waals surface area contributed by atoms with E-state index >= 15 is 0 Å². The molecular weight excluding hydrogens is 578 g/mol. The average Bonchev–Trinajstić information content (AvgIpc) is 3.03. The third-order valence-corrected chi connectivity index (χ3v) is 9.02. The summed E-state index contributed by atoms with van der Waals surface area (Å²) in [7, 11) is -2.28. The molecule has 3 aromatic rings. The van der Waals surface area contributed by atoms with Gasteiger partial charge in [-0.05, 0) is 66.8 Å². The number of amides is 2. The molecule has 1 aliphatic rings. The molecule has 1 N–H and O–H groups in total. The van der Waals surface area contributed by atoms with E-state index in [4.69, 9.17) is 9.47 Å². The lowest BCUT2D eigenvalue weighted by molar-refractivity contribution is -0.140. The molecule has 9 nitrogen and oxygen atoms in total. The number of benzene rings is 3. The minimum atomic E-state index is -3.85. The van der Waals surface area contributed by atoms with Gasteiger partial charge in [-0.3, -0.25) is 13.9 Å². The van der Waals surface area contributed by atoms with Gasteiger partial charge in [0.2, 0.25) is 21.8 Å². The predicted octanol–water partition coefficient (Wildman–Crippen LogP) is 5.30. The highest BCUT2D eigenvalue weighted by molar-refractivity contribution is 7.92. The zero-order valence-corrected chi connectivity index (χ0v) is 26.6. The number of methoxy groups -OCH3 is 1. The van der Waals surface area contributed by atoms with Gasteiger partial charge in [0.25, 0.3) is 0 Å². The number of rotatable bonds is 14. The van der Waals surface area contributed by atoms with Gasteiger partial charge in [-0.1, -0.05) is 68.7 Å². The molecule has 44 heavy (non-hydrogen) atoms. The smallest absolute Gasteiger partial charge is 0.244 e. The van der Waals surface area contributed by atoms with Gasteiger partial charge >= 0.3 is 0 Å². The Bertz CT molecular complexity index is 1470. The Hall–Kier alpha value is -4.05. The van der Waals surface area contributed by atoms with Crippen LogP contribution in [0.15, 0.2) is 78.9 Å². The largest absolute Gasteiger partial charge is 0.497 e. The molecule has 1 fully saturated rings. The van der Waals surface area contributed by atoms with Gasteiger partial charge in [-0.2, -0.15) is 0 Å². The highest BCUT2D eigenvalue weighted by atomic mass is 32.2. The van der Waals surface area contributed by atoms with E-state index in [2.05, 4.69) is 5.32 Å². The lowest BCUT2D eigenvalue weighted by Gasteiger charge is -2.34. The van der Waals surface area contributed by atoms with E-state index in [1.54, 1.807) is 37.4 Å². The van der Waals surface area contributed by atoms with Crippen LogP contribution in [0.1, 0.15) is 56.6 Å². The van der Waals surface area contributed by atoms with Gasteiger partial charge in [0.15, 0.2) is 0 Å². The summed E-state index contributed by atoms with van der Waals surface area (Å²) in [6.07, 6.45) is 6.56. The normalized spacial score (nSPS) is 14.3. The molecule has 0 heterocycles. The lowest BCUT2D eigenvalue weighted by atomic mass is 9.95. The summed E-state index contributed by atoms with van der Waals surface area (Å²) >= 11 is 0. The summed E-state index contributed by atoms with van der Waals surface area (Å²) in [5.74, 6) is 0.499. The SMILES string of the molecule is CC[C@H](C(=O)NC1CCCCC1)N(Cc1cccc(OC)c1)C(=O)CN(c1ccc(OCc2ccccc2)cc1)S(C)(=O)=O. The maximum atomic E-state index is 14.0. The maximum Gasteiger partial charge on any atom is 0.244 e. The fourth-order valence-corrected chi connectivity index (χ4v) is 6.34. The van der Waals surface area contributed by atoms with Gasteiger partial charge in [-0.25, -0.2) is 8.42 Å². The molecule has 0 radical (unpaired) electrons. The molecule has 0 saturated heterocycles. The topological polar surface area (TPSA) is 105 Å². The van der Waals surface area contributed by atoms with Crippen LogP contribution in [0.3, 0.4) is 0 Å². The van der Waals surface area contributed by atoms with E-state index in [0.29, 0.717) is 30.2 Å². The third-order valence-electron chi connectivity index (χ3n) is 7.88. The molecular formula is C34H43N3O6S. The molecule has 1 aliphatic carbocycles. The third kappa shape index (κ3) is 9.22. The highest BCUT2D eigenvalue weighted by Gasteiger charge is 2.33. The Labute approximate surface area is 261 Å². The van der Waals surface area contributed by atoms with Crippen molar-refractivity contribution in [2.24, 2.45) is 0 Å². The number of anilines is 1. The molecule has 0 aromatic heterocycles. The predicted molar refractivity (Wildman–Crippen MR) is 172 cm³/mol. The minimum absolute atomic E-state index is 0.0780. The number of nitrogens with one attached hydrogen (secondary N) is 1. The van der Waals surface area contributed by atoms with E-state index in [-0.39, 0.29) is 18.5 Å². The Morgan fingerprint density at radius 1 is 0.909 bits per heavy atom. The van der Waals surface area contributed by atoms with Crippen LogP contribution >= 0.6 is 0 Å². The summed E-state index contributed by atoms with van der Waals surface area (Å²) < 4.78 is 38.3. The maximum absolute atomic E-state index is 14.0. The number of hydrogen-bond donors (Lipinski definition) is 1. The first-order valence-electron chi connectivity index (χ1n) is 15.1. The second kappa shape index (κ2) is 15.6. The first-order chi connectivity index (χ1) is 21.2. The summed E-state index contributed by atoms with van der Waals surface area (Å²) in [6.45, 7) is 1.89.